The molecule has 2 N–H and O–H groups in total. The highest BCUT2D eigenvalue weighted by Gasteiger charge is 2.30. The molecular weight excluding hydrogens is 310 g/mol. The molecule has 24 heavy (non-hydrogen) atoms. The fraction of sp³-hybridized carbons (Fsp3) is 0.529. The van der Waals surface area contributed by atoms with Crippen molar-refractivity contribution in [1.29, 1.82) is 0 Å². The summed E-state index contributed by atoms with van der Waals surface area (Å²) in [4.78, 5) is 41.1. The smallest absolute Gasteiger partial charge is 0.354 e. The summed E-state index contributed by atoms with van der Waals surface area (Å²) in [5, 5.41) is 12.0. The Balaban J connectivity index is 2.22. The van der Waals surface area contributed by atoms with Crippen LogP contribution < -0.4 is 5.32 Å². The number of carbonyl (C=O) groups is 3. The van der Waals surface area contributed by atoms with Crippen molar-refractivity contribution in [3.8, 4) is 0 Å². The molecule has 0 aliphatic carbocycles. The Hall–Kier alpha value is -2.44. The first-order chi connectivity index (χ1) is 11.3. The van der Waals surface area contributed by atoms with E-state index in [9.17, 15) is 19.5 Å². The maximum absolute atomic E-state index is 12.8. The SMILES string of the molecule is CC(=O)N[C@H](CC(C)C)C(=O)N1CCc2ccnc(C(=O)O)c2C1. The van der Waals surface area contributed by atoms with Crippen LogP contribution in [0.4, 0.5) is 0 Å². The number of carbonyl (C=O) groups excluding carboxylic acids is 2. The quantitative estimate of drug-likeness (QED) is 0.844. The number of rotatable bonds is 5. The number of hydrogen-bond acceptors (Lipinski definition) is 4. The second kappa shape index (κ2) is 7.42. The lowest BCUT2D eigenvalue weighted by Gasteiger charge is -2.32. The average Bonchev–Trinajstić information content (AvgIpc) is 2.51. The van der Waals surface area contributed by atoms with Gasteiger partial charge in [0.05, 0.1) is 0 Å². The lowest BCUT2D eigenvalue weighted by molar-refractivity contribution is -0.137. The monoisotopic (exact) mass is 333 g/mol. The average molecular weight is 333 g/mol. The minimum Gasteiger partial charge on any atom is -0.477 e. The Bertz CT molecular complexity index is 657. The standard InChI is InChI=1S/C17H23N3O4/c1-10(2)8-14(19-11(3)21)16(22)20-7-5-12-4-6-18-15(17(23)24)13(12)9-20/h4,6,10,14H,5,7-9H2,1-3H3,(H,19,21)(H,23,24)/t14-/m1/s1. The third-order valence-electron chi connectivity index (χ3n) is 4.05. The number of carboxylic acids is 1. The summed E-state index contributed by atoms with van der Waals surface area (Å²) in [5.41, 5.74) is 1.48. The van der Waals surface area contributed by atoms with Crippen LogP contribution in [0.1, 0.15) is 48.8 Å². The number of pyridine rings is 1. The van der Waals surface area contributed by atoms with Crippen molar-refractivity contribution in [3.05, 3.63) is 29.1 Å². The Morgan fingerprint density at radius 2 is 2.08 bits per heavy atom. The summed E-state index contributed by atoms with van der Waals surface area (Å²) < 4.78 is 0. The molecule has 1 aliphatic heterocycles. The van der Waals surface area contributed by atoms with Crippen LogP contribution in [0.3, 0.4) is 0 Å². The van der Waals surface area contributed by atoms with Gasteiger partial charge in [-0.1, -0.05) is 13.8 Å². The lowest BCUT2D eigenvalue weighted by atomic mass is 9.96. The van der Waals surface area contributed by atoms with E-state index >= 15 is 0 Å². The first-order valence-corrected chi connectivity index (χ1v) is 8.05. The molecule has 1 aromatic heterocycles. The summed E-state index contributed by atoms with van der Waals surface area (Å²) in [6.07, 6.45) is 2.61. The molecule has 2 amide bonds. The minimum atomic E-state index is -1.10. The van der Waals surface area contributed by atoms with E-state index in [-0.39, 0.29) is 30.0 Å². The van der Waals surface area contributed by atoms with E-state index in [0.717, 1.165) is 5.56 Å². The second-order valence-corrected chi connectivity index (χ2v) is 6.49. The molecule has 0 saturated heterocycles. The van der Waals surface area contributed by atoms with Crippen molar-refractivity contribution in [2.24, 2.45) is 5.92 Å². The fourth-order valence-electron chi connectivity index (χ4n) is 3.00. The number of nitrogens with one attached hydrogen (secondary N) is 1. The van der Waals surface area contributed by atoms with E-state index in [0.29, 0.717) is 24.9 Å². The predicted octanol–water partition coefficient (Wildman–Crippen LogP) is 1.22. The van der Waals surface area contributed by atoms with Crippen LogP contribution in [-0.4, -0.2) is 45.4 Å². The van der Waals surface area contributed by atoms with Crippen molar-refractivity contribution in [2.45, 2.75) is 46.2 Å². The Kier molecular flexibility index (Phi) is 5.54. The summed E-state index contributed by atoms with van der Waals surface area (Å²) in [5.74, 6) is -1.27. The molecule has 2 heterocycles. The van der Waals surface area contributed by atoms with E-state index in [1.807, 2.05) is 13.8 Å². The molecule has 130 valence electrons. The second-order valence-electron chi connectivity index (χ2n) is 6.49. The molecule has 2 rings (SSSR count). The molecule has 0 unspecified atom stereocenters. The zero-order valence-corrected chi connectivity index (χ0v) is 14.2. The Morgan fingerprint density at radius 1 is 1.38 bits per heavy atom. The van der Waals surface area contributed by atoms with Gasteiger partial charge in [0.1, 0.15) is 6.04 Å². The maximum Gasteiger partial charge on any atom is 0.354 e. The number of hydrogen-bond donors (Lipinski definition) is 2. The van der Waals surface area contributed by atoms with Gasteiger partial charge in [-0.05, 0) is 30.4 Å². The third kappa shape index (κ3) is 4.10. The van der Waals surface area contributed by atoms with Crippen LogP contribution in [0, 0.1) is 5.92 Å². The van der Waals surface area contributed by atoms with E-state index < -0.39 is 12.0 Å². The van der Waals surface area contributed by atoms with Gasteiger partial charge in [-0.3, -0.25) is 9.59 Å². The fourth-order valence-corrected chi connectivity index (χ4v) is 3.00. The van der Waals surface area contributed by atoms with Crippen LogP contribution >= 0.6 is 0 Å². The highest BCUT2D eigenvalue weighted by Crippen LogP contribution is 2.22. The molecule has 0 bridgehead atoms. The van der Waals surface area contributed by atoms with E-state index in [1.165, 1.54) is 13.1 Å². The first-order valence-electron chi connectivity index (χ1n) is 8.05. The molecule has 0 fully saturated rings. The van der Waals surface area contributed by atoms with E-state index in [4.69, 9.17) is 0 Å². The van der Waals surface area contributed by atoms with Crippen LogP contribution in [0.2, 0.25) is 0 Å². The summed E-state index contributed by atoms with van der Waals surface area (Å²) >= 11 is 0. The summed E-state index contributed by atoms with van der Waals surface area (Å²) in [6, 6.07) is 1.21. The van der Waals surface area contributed by atoms with E-state index in [1.54, 1.807) is 11.0 Å². The number of aromatic nitrogens is 1. The van der Waals surface area contributed by atoms with Gasteiger partial charge in [0, 0.05) is 31.8 Å². The molecule has 7 nitrogen and oxygen atoms in total. The molecule has 1 aromatic rings. The highest BCUT2D eigenvalue weighted by atomic mass is 16.4. The minimum absolute atomic E-state index is 0.00932. The van der Waals surface area contributed by atoms with Gasteiger partial charge < -0.3 is 15.3 Å². The molecule has 0 radical (unpaired) electrons. The zero-order valence-electron chi connectivity index (χ0n) is 14.2. The Labute approximate surface area is 141 Å². The molecule has 0 saturated carbocycles. The van der Waals surface area contributed by atoms with Gasteiger partial charge in [-0.25, -0.2) is 9.78 Å². The van der Waals surface area contributed by atoms with Gasteiger partial charge >= 0.3 is 5.97 Å². The van der Waals surface area contributed by atoms with Crippen LogP contribution in [0.15, 0.2) is 12.3 Å². The van der Waals surface area contributed by atoms with Gasteiger partial charge in [0.25, 0.3) is 0 Å². The van der Waals surface area contributed by atoms with Gasteiger partial charge in [0.15, 0.2) is 5.69 Å². The molecule has 1 atom stereocenters. The number of carboxylic acid groups (broad SMARTS) is 1. The topological polar surface area (TPSA) is 99.6 Å². The number of amides is 2. The first kappa shape index (κ1) is 17.9. The van der Waals surface area contributed by atoms with E-state index in [2.05, 4.69) is 10.3 Å². The molecule has 7 heteroatoms. The molecule has 0 aromatic carbocycles. The molecular formula is C17H23N3O4. The highest BCUT2D eigenvalue weighted by molar-refractivity contribution is 5.89. The number of aromatic carboxylic acids is 1. The number of nitrogens with zero attached hydrogens (tertiary/aromatic N) is 2. The lowest BCUT2D eigenvalue weighted by Crippen LogP contribution is -2.50. The predicted molar refractivity (Wildman–Crippen MR) is 87.4 cm³/mol. The largest absolute Gasteiger partial charge is 0.477 e. The molecule has 0 spiro atoms. The van der Waals surface area contributed by atoms with Crippen LogP contribution in [0.25, 0.3) is 0 Å². The van der Waals surface area contributed by atoms with Crippen LogP contribution in [0.5, 0.6) is 0 Å². The van der Waals surface area contributed by atoms with Gasteiger partial charge in [-0.15, -0.1) is 0 Å². The van der Waals surface area contributed by atoms with Crippen LogP contribution in [-0.2, 0) is 22.6 Å². The van der Waals surface area contributed by atoms with Crippen molar-refractivity contribution < 1.29 is 19.5 Å². The van der Waals surface area contributed by atoms with Gasteiger partial charge in [0.2, 0.25) is 11.8 Å². The normalized spacial score (nSPS) is 14.9. The summed E-state index contributed by atoms with van der Waals surface area (Å²) in [6.45, 7) is 6.07. The Morgan fingerprint density at radius 3 is 2.67 bits per heavy atom. The third-order valence-corrected chi connectivity index (χ3v) is 4.05. The van der Waals surface area contributed by atoms with Crippen molar-refractivity contribution >= 4 is 17.8 Å². The van der Waals surface area contributed by atoms with Crippen molar-refractivity contribution in [1.82, 2.24) is 15.2 Å². The summed E-state index contributed by atoms with van der Waals surface area (Å²) in [7, 11) is 0. The van der Waals surface area contributed by atoms with Crippen molar-refractivity contribution in [2.75, 3.05) is 6.54 Å². The maximum atomic E-state index is 12.8. The van der Waals surface area contributed by atoms with Crippen molar-refractivity contribution in [3.63, 3.8) is 0 Å². The molecule has 1 aliphatic rings. The zero-order chi connectivity index (χ0) is 17.9. The van der Waals surface area contributed by atoms with Gasteiger partial charge in [-0.2, -0.15) is 0 Å². The number of fused-ring (bicyclic) bond motifs is 1.